The fraction of sp³-hybridized carbons (Fsp3) is 0.455. The molecular weight excluding hydrogens is 408 g/mol. The number of nitrogens with one attached hydrogen (secondary N) is 1. The van der Waals surface area contributed by atoms with Crippen LogP contribution in [0.2, 0.25) is 0 Å². The number of halogens is 2. The van der Waals surface area contributed by atoms with E-state index in [0.717, 1.165) is 44.6 Å². The van der Waals surface area contributed by atoms with Gasteiger partial charge in [0.2, 0.25) is 11.8 Å². The van der Waals surface area contributed by atoms with Crippen LogP contribution < -0.4 is 10.2 Å². The molecule has 5 nitrogen and oxygen atoms in total. The Hall–Kier alpha value is -2.32. The summed E-state index contributed by atoms with van der Waals surface area (Å²) in [5.74, 6) is -2.13. The van der Waals surface area contributed by atoms with Gasteiger partial charge in [-0.2, -0.15) is 0 Å². The largest absolute Gasteiger partial charge is 0.355 e. The van der Waals surface area contributed by atoms with Crippen LogP contribution >= 0.6 is 11.3 Å². The Morgan fingerprint density at radius 3 is 2.87 bits per heavy atom. The van der Waals surface area contributed by atoms with Crippen LogP contribution in [-0.2, 0) is 16.1 Å². The molecule has 30 heavy (non-hydrogen) atoms. The van der Waals surface area contributed by atoms with E-state index >= 15 is 0 Å². The molecule has 160 valence electrons. The van der Waals surface area contributed by atoms with Crippen LogP contribution in [0.1, 0.15) is 24.1 Å². The molecule has 3 heterocycles. The van der Waals surface area contributed by atoms with E-state index in [1.807, 2.05) is 0 Å². The normalized spacial score (nSPS) is 22.5. The van der Waals surface area contributed by atoms with Crippen molar-refractivity contribution in [3.63, 3.8) is 0 Å². The number of likely N-dealkylation sites (tertiary alicyclic amines) is 1. The van der Waals surface area contributed by atoms with Gasteiger partial charge in [0.15, 0.2) is 0 Å². The molecule has 0 bridgehead atoms. The minimum absolute atomic E-state index is 0.0215. The molecule has 2 amide bonds. The molecule has 2 fully saturated rings. The van der Waals surface area contributed by atoms with Gasteiger partial charge in [-0.15, -0.1) is 11.3 Å². The van der Waals surface area contributed by atoms with Crippen molar-refractivity contribution >= 4 is 28.8 Å². The number of hydrogen-bond acceptors (Lipinski definition) is 4. The van der Waals surface area contributed by atoms with Gasteiger partial charge < -0.3 is 10.2 Å². The first kappa shape index (κ1) is 20.9. The smallest absolute Gasteiger partial charge is 0.227 e. The standard InChI is InChI=1S/C22H25F2N3O2S/c23-17-5-6-20(19(24)10-17)27-13-16(9-21(27)28)22(29)25-11-15-3-1-7-26(12-15)14-18-4-2-8-30-18/h2,4-6,8,10,15-16H,1,3,7,9,11-14H2,(H,25,29). The Morgan fingerprint density at radius 1 is 1.23 bits per heavy atom. The first-order chi connectivity index (χ1) is 14.5. The molecule has 2 aromatic rings. The van der Waals surface area contributed by atoms with Gasteiger partial charge in [-0.05, 0) is 48.9 Å². The Labute approximate surface area is 178 Å². The lowest BCUT2D eigenvalue weighted by atomic mass is 9.97. The average Bonchev–Trinajstić information content (AvgIpc) is 3.36. The lowest BCUT2D eigenvalue weighted by Gasteiger charge is -2.32. The van der Waals surface area contributed by atoms with Crippen molar-refractivity contribution in [3.8, 4) is 0 Å². The van der Waals surface area contributed by atoms with Crippen molar-refractivity contribution < 1.29 is 18.4 Å². The zero-order chi connectivity index (χ0) is 21.1. The summed E-state index contributed by atoms with van der Waals surface area (Å²) in [5.41, 5.74) is 0.0215. The summed E-state index contributed by atoms with van der Waals surface area (Å²) in [7, 11) is 0. The SMILES string of the molecule is O=C(NCC1CCCN(Cc2cccs2)C1)C1CC(=O)N(c2ccc(F)cc2F)C1. The number of amides is 2. The van der Waals surface area contributed by atoms with Gasteiger partial charge >= 0.3 is 0 Å². The van der Waals surface area contributed by atoms with E-state index in [0.29, 0.717) is 12.5 Å². The van der Waals surface area contributed by atoms with Crippen LogP contribution in [0.3, 0.4) is 0 Å². The third-order valence-electron chi connectivity index (χ3n) is 5.82. The van der Waals surface area contributed by atoms with E-state index in [4.69, 9.17) is 0 Å². The first-order valence-electron chi connectivity index (χ1n) is 10.3. The minimum Gasteiger partial charge on any atom is -0.355 e. The van der Waals surface area contributed by atoms with Crippen LogP contribution in [0.5, 0.6) is 0 Å². The number of piperidine rings is 1. The van der Waals surface area contributed by atoms with Crippen LogP contribution in [0, 0.1) is 23.5 Å². The summed E-state index contributed by atoms with van der Waals surface area (Å²) in [5, 5.41) is 5.08. The lowest BCUT2D eigenvalue weighted by molar-refractivity contribution is -0.126. The maximum absolute atomic E-state index is 14.0. The number of hydrogen-bond donors (Lipinski definition) is 1. The molecule has 1 aromatic carbocycles. The number of rotatable bonds is 6. The summed E-state index contributed by atoms with van der Waals surface area (Å²) in [4.78, 5) is 29.9. The molecule has 1 aromatic heterocycles. The molecule has 8 heteroatoms. The van der Waals surface area contributed by atoms with E-state index in [-0.39, 0.29) is 30.5 Å². The third-order valence-corrected chi connectivity index (χ3v) is 6.69. The predicted molar refractivity (Wildman–Crippen MR) is 112 cm³/mol. The van der Waals surface area contributed by atoms with Gasteiger partial charge in [0.25, 0.3) is 0 Å². The molecule has 2 atom stereocenters. The van der Waals surface area contributed by atoms with Gasteiger partial charge in [0, 0.05) is 43.5 Å². The van der Waals surface area contributed by atoms with Crippen LogP contribution in [0.25, 0.3) is 0 Å². The van der Waals surface area contributed by atoms with Gasteiger partial charge in [-0.1, -0.05) is 6.07 Å². The van der Waals surface area contributed by atoms with E-state index < -0.39 is 17.6 Å². The van der Waals surface area contributed by atoms with Crippen molar-refractivity contribution in [1.82, 2.24) is 10.2 Å². The summed E-state index contributed by atoms with van der Waals surface area (Å²) in [6.07, 6.45) is 2.21. The highest BCUT2D eigenvalue weighted by Crippen LogP contribution is 2.28. The van der Waals surface area contributed by atoms with Crippen molar-refractivity contribution in [2.75, 3.05) is 31.1 Å². The van der Waals surface area contributed by atoms with Gasteiger partial charge in [-0.3, -0.25) is 14.5 Å². The highest BCUT2D eigenvalue weighted by molar-refractivity contribution is 7.09. The molecule has 4 rings (SSSR count). The molecule has 2 unspecified atom stereocenters. The summed E-state index contributed by atoms with van der Waals surface area (Å²) in [6, 6.07) is 7.31. The van der Waals surface area contributed by atoms with Crippen molar-refractivity contribution in [1.29, 1.82) is 0 Å². The molecule has 2 aliphatic heterocycles. The van der Waals surface area contributed by atoms with E-state index in [1.54, 1.807) is 11.3 Å². The first-order valence-corrected chi connectivity index (χ1v) is 11.2. The van der Waals surface area contributed by atoms with Gasteiger partial charge in [0.1, 0.15) is 11.6 Å². The van der Waals surface area contributed by atoms with E-state index in [1.165, 1.54) is 15.8 Å². The molecule has 0 aliphatic carbocycles. The van der Waals surface area contributed by atoms with E-state index in [2.05, 4.69) is 27.7 Å². The quantitative estimate of drug-likeness (QED) is 0.760. The van der Waals surface area contributed by atoms with Crippen molar-refractivity contribution in [2.45, 2.75) is 25.8 Å². The van der Waals surface area contributed by atoms with Gasteiger partial charge in [-0.25, -0.2) is 8.78 Å². The zero-order valence-corrected chi connectivity index (χ0v) is 17.5. The molecule has 0 saturated carbocycles. The topological polar surface area (TPSA) is 52.7 Å². The Balaban J connectivity index is 1.28. The second kappa shape index (κ2) is 9.22. The number of thiophene rings is 1. The second-order valence-electron chi connectivity index (χ2n) is 8.07. The average molecular weight is 434 g/mol. The number of carbonyl (C=O) groups is 2. The minimum atomic E-state index is -0.794. The summed E-state index contributed by atoms with van der Waals surface area (Å²) < 4.78 is 27.2. The third kappa shape index (κ3) is 4.87. The monoisotopic (exact) mass is 433 g/mol. The van der Waals surface area contributed by atoms with E-state index in [9.17, 15) is 18.4 Å². The van der Waals surface area contributed by atoms with Crippen LogP contribution in [0.4, 0.5) is 14.5 Å². The maximum Gasteiger partial charge on any atom is 0.227 e. The Bertz CT molecular complexity index is 906. The number of carbonyl (C=O) groups excluding carboxylic acids is 2. The predicted octanol–water partition coefficient (Wildman–Crippen LogP) is 3.41. The molecule has 0 spiro atoms. The highest BCUT2D eigenvalue weighted by atomic mass is 32.1. The van der Waals surface area contributed by atoms with Crippen molar-refractivity contribution in [3.05, 3.63) is 52.2 Å². The lowest BCUT2D eigenvalue weighted by Crippen LogP contribution is -2.42. The summed E-state index contributed by atoms with van der Waals surface area (Å²) in [6.45, 7) is 3.64. The maximum atomic E-state index is 14.0. The molecular formula is C22H25F2N3O2S. The van der Waals surface area contributed by atoms with Crippen LogP contribution in [-0.4, -0.2) is 42.9 Å². The van der Waals surface area contributed by atoms with Crippen LogP contribution in [0.15, 0.2) is 35.7 Å². The molecule has 2 aliphatic rings. The fourth-order valence-electron chi connectivity index (χ4n) is 4.29. The Kier molecular flexibility index (Phi) is 6.43. The molecule has 0 radical (unpaired) electrons. The fourth-order valence-corrected chi connectivity index (χ4v) is 5.04. The molecule has 2 saturated heterocycles. The summed E-state index contributed by atoms with van der Waals surface area (Å²) >= 11 is 1.76. The Morgan fingerprint density at radius 2 is 2.10 bits per heavy atom. The van der Waals surface area contributed by atoms with Gasteiger partial charge in [0.05, 0.1) is 11.6 Å². The number of benzene rings is 1. The highest BCUT2D eigenvalue weighted by Gasteiger charge is 2.36. The molecule has 1 N–H and O–H groups in total. The number of nitrogens with zero attached hydrogens (tertiary/aromatic N) is 2. The second-order valence-corrected chi connectivity index (χ2v) is 9.10. The number of anilines is 1. The zero-order valence-electron chi connectivity index (χ0n) is 16.7. The van der Waals surface area contributed by atoms with Crippen molar-refractivity contribution in [2.24, 2.45) is 11.8 Å².